The second-order valence-corrected chi connectivity index (χ2v) is 8.25. The third-order valence-corrected chi connectivity index (χ3v) is 5.81. The topological polar surface area (TPSA) is 67.9 Å². The monoisotopic (exact) mass is 458 g/mol. The van der Waals surface area contributed by atoms with Gasteiger partial charge in [-0.3, -0.25) is 9.59 Å². The van der Waals surface area contributed by atoms with Gasteiger partial charge in [0.2, 0.25) is 0 Å². The molecule has 6 nitrogen and oxygen atoms in total. The minimum absolute atomic E-state index is 0.0177. The average molecular weight is 459 g/mol. The molecule has 0 spiro atoms. The van der Waals surface area contributed by atoms with Gasteiger partial charge in [-0.2, -0.15) is 0 Å². The fraction of sp³-hybridized carbons (Fsp3) is 0.286. The van der Waals surface area contributed by atoms with Crippen molar-refractivity contribution in [2.45, 2.75) is 33.7 Å². The lowest BCUT2D eigenvalue weighted by Gasteiger charge is -2.18. The average Bonchev–Trinajstić information content (AvgIpc) is 3.26. The summed E-state index contributed by atoms with van der Waals surface area (Å²) in [4.78, 5) is 27.6. The van der Waals surface area contributed by atoms with Crippen LogP contribution in [0, 0.1) is 6.92 Å². The minimum atomic E-state index is -0.180. The second kappa shape index (κ2) is 10.4. The lowest BCUT2D eigenvalue weighted by Crippen LogP contribution is -2.28. The van der Waals surface area contributed by atoms with E-state index in [9.17, 15) is 9.59 Å². The molecule has 0 bridgehead atoms. The summed E-state index contributed by atoms with van der Waals surface area (Å²) in [5.74, 6) is 1.03. The summed E-state index contributed by atoms with van der Waals surface area (Å²) < 4.78 is 11.2. The van der Waals surface area contributed by atoms with Gasteiger partial charge >= 0.3 is 0 Å². The molecule has 0 fully saturated rings. The number of carbonyl (C=O) groups is 2. The summed E-state index contributed by atoms with van der Waals surface area (Å²) in [5.41, 5.74) is 5.33. The zero-order valence-corrected chi connectivity index (χ0v) is 19.9. The fourth-order valence-electron chi connectivity index (χ4n) is 4.19. The number of ether oxygens (including phenoxy) is 2. The van der Waals surface area contributed by atoms with Crippen molar-refractivity contribution in [2.75, 3.05) is 24.7 Å². The number of nitrogens with one attached hydrogen (secondary N) is 1. The predicted octanol–water partition coefficient (Wildman–Crippen LogP) is 4.93. The molecule has 3 aromatic carbocycles. The molecule has 0 atom stereocenters. The van der Waals surface area contributed by atoms with Crippen molar-refractivity contribution in [1.82, 2.24) is 5.32 Å². The van der Waals surface area contributed by atoms with Crippen LogP contribution < -0.4 is 19.7 Å². The summed E-state index contributed by atoms with van der Waals surface area (Å²) in [7, 11) is 0. The Morgan fingerprint density at radius 2 is 1.71 bits per heavy atom. The smallest absolute Gasteiger partial charge is 0.258 e. The first-order valence-electron chi connectivity index (χ1n) is 11.7. The SMILES string of the molecule is CCOc1ccc(C(=O)NCc2ccc3c(c2)CCN3C(=O)c2cccc(C)c2)cc1OCC. The summed E-state index contributed by atoms with van der Waals surface area (Å²) in [5, 5.41) is 2.98. The Balaban J connectivity index is 1.43. The van der Waals surface area contributed by atoms with Crippen LogP contribution in [0.1, 0.15) is 51.3 Å². The molecule has 4 rings (SSSR count). The standard InChI is InChI=1S/C28H30N2O4/c1-4-33-25-12-10-22(17-26(25)34-5-2)27(31)29-18-20-9-11-24-21(16-20)13-14-30(24)28(32)23-8-6-7-19(3)15-23/h6-12,15-17H,4-5,13-14,18H2,1-3H3,(H,29,31). The Morgan fingerprint density at radius 3 is 2.47 bits per heavy atom. The van der Waals surface area contributed by atoms with Crippen LogP contribution in [0.2, 0.25) is 0 Å². The van der Waals surface area contributed by atoms with Crippen LogP contribution in [0.3, 0.4) is 0 Å². The van der Waals surface area contributed by atoms with E-state index in [4.69, 9.17) is 9.47 Å². The molecule has 1 heterocycles. The van der Waals surface area contributed by atoms with Crippen LogP contribution in [0.25, 0.3) is 0 Å². The number of hydrogen-bond donors (Lipinski definition) is 1. The summed E-state index contributed by atoms with van der Waals surface area (Å²) in [6, 6.07) is 18.9. The highest BCUT2D eigenvalue weighted by Gasteiger charge is 2.25. The van der Waals surface area contributed by atoms with Crippen molar-refractivity contribution in [3.63, 3.8) is 0 Å². The molecular formula is C28H30N2O4. The zero-order chi connectivity index (χ0) is 24.1. The highest BCUT2D eigenvalue weighted by molar-refractivity contribution is 6.07. The van der Waals surface area contributed by atoms with Gasteiger partial charge in [-0.1, -0.05) is 29.8 Å². The second-order valence-electron chi connectivity index (χ2n) is 8.25. The maximum atomic E-state index is 13.0. The molecule has 0 saturated carbocycles. The molecule has 0 aliphatic carbocycles. The third-order valence-electron chi connectivity index (χ3n) is 5.81. The number of anilines is 1. The lowest BCUT2D eigenvalue weighted by atomic mass is 10.1. The van der Waals surface area contributed by atoms with Gasteiger partial charge in [-0.15, -0.1) is 0 Å². The summed E-state index contributed by atoms with van der Waals surface area (Å²) in [6.45, 7) is 7.86. The van der Waals surface area contributed by atoms with Crippen molar-refractivity contribution < 1.29 is 19.1 Å². The molecule has 1 aliphatic rings. The summed E-state index contributed by atoms with van der Waals surface area (Å²) >= 11 is 0. The van der Waals surface area contributed by atoms with Gasteiger partial charge in [0.25, 0.3) is 11.8 Å². The Morgan fingerprint density at radius 1 is 0.912 bits per heavy atom. The Labute approximate surface area is 200 Å². The highest BCUT2D eigenvalue weighted by atomic mass is 16.5. The number of nitrogens with zero attached hydrogens (tertiary/aromatic N) is 1. The third kappa shape index (κ3) is 5.06. The molecule has 3 aromatic rings. The maximum Gasteiger partial charge on any atom is 0.258 e. The first-order chi connectivity index (χ1) is 16.5. The number of aryl methyl sites for hydroxylation is 1. The van der Waals surface area contributed by atoms with Gasteiger partial charge in [-0.05, 0) is 74.7 Å². The molecule has 176 valence electrons. The van der Waals surface area contributed by atoms with Crippen LogP contribution in [0.5, 0.6) is 11.5 Å². The molecule has 1 N–H and O–H groups in total. The van der Waals surface area contributed by atoms with Crippen molar-refractivity contribution in [3.05, 3.63) is 88.5 Å². The highest BCUT2D eigenvalue weighted by Crippen LogP contribution is 2.31. The maximum absolute atomic E-state index is 13.0. The Bertz CT molecular complexity index is 1200. The largest absolute Gasteiger partial charge is 0.490 e. The Hall–Kier alpha value is -3.80. The van der Waals surface area contributed by atoms with Gasteiger partial charge in [-0.25, -0.2) is 0 Å². The molecule has 0 aromatic heterocycles. The molecular weight excluding hydrogens is 428 g/mol. The minimum Gasteiger partial charge on any atom is -0.490 e. The van der Waals surface area contributed by atoms with Crippen molar-refractivity contribution in [3.8, 4) is 11.5 Å². The molecule has 6 heteroatoms. The molecule has 0 saturated heterocycles. The van der Waals surface area contributed by atoms with Gasteiger partial charge in [0.1, 0.15) is 0 Å². The number of hydrogen-bond acceptors (Lipinski definition) is 4. The van der Waals surface area contributed by atoms with Gasteiger partial charge in [0.05, 0.1) is 13.2 Å². The van der Waals surface area contributed by atoms with E-state index in [0.717, 1.165) is 28.8 Å². The van der Waals surface area contributed by atoms with E-state index in [1.54, 1.807) is 18.2 Å². The number of rotatable bonds is 8. The van der Waals surface area contributed by atoms with Crippen LogP contribution in [-0.2, 0) is 13.0 Å². The normalized spacial score (nSPS) is 12.3. The van der Waals surface area contributed by atoms with E-state index in [2.05, 4.69) is 11.4 Å². The number of carbonyl (C=O) groups excluding carboxylic acids is 2. The van der Waals surface area contributed by atoms with E-state index in [-0.39, 0.29) is 11.8 Å². The lowest BCUT2D eigenvalue weighted by molar-refractivity contribution is 0.0949. The van der Waals surface area contributed by atoms with Crippen molar-refractivity contribution in [2.24, 2.45) is 0 Å². The van der Waals surface area contributed by atoms with E-state index in [1.807, 2.05) is 62.1 Å². The molecule has 2 amide bonds. The van der Waals surface area contributed by atoms with Gasteiger partial charge in [0, 0.05) is 29.9 Å². The predicted molar refractivity (Wildman–Crippen MR) is 133 cm³/mol. The van der Waals surface area contributed by atoms with E-state index in [1.165, 1.54) is 0 Å². The van der Waals surface area contributed by atoms with E-state index in [0.29, 0.717) is 48.9 Å². The quantitative estimate of drug-likeness (QED) is 0.520. The van der Waals surface area contributed by atoms with Crippen LogP contribution in [0.15, 0.2) is 60.7 Å². The van der Waals surface area contributed by atoms with Gasteiger partial charge in [0.15, 0.2) is 11.5 Å². The van der Waals surface area contributed by atoms with Crippen molar-refractivity contribution >= 4 is 17.5 Å². The zero-order valence-electron chi connectivity index (χ0n) is 19.9. The van der Waals surface area contributed by atoms with E-state index >= 15 is 0 Å². The van der Waals surface area contributed by atoms with Crippen LogP contribution in [0.4, 0.5) is 5.69 Å². The van der Waals surface area contributed by atoms with Gasteiger partial charge < -0.3 is 19.7 Å². The van der Waals surface area contributed by atoms with Crippen LogP contribution >= 0.6 is 0 Å². The molecule has 0 radical (unpaired) electrons. The van der Waals surface area contributed by atoms with Crippen molar-refractivity contribution in [1.29, 1.82) is 0 Å². The molecule has 34 heavy (non-hydrogen) atoms. The first-order valence-corrected chi connectivity index (χ1v) is 11.7. The fourth-order valence-corrected chi connectivity index (χ4v) is 4.19. The first kappa shape index (κ1) is 23.4. The molecule has 0 unspecified atom stereocenters. The molecule has 1 aliphatic heterocycles. The number of amides is 2. The summed E-state index contributed by atoms with van der Waals surface area (Å²) in [6.07, 6.45) is 0.797. The number of benzene rings is 3. The van der Waals surface area contributed by atoms with E-state index < -0.39 is 0 Å². The number of fused-ring (bicyclic) bond motifs is 1. The Kier molecular flexibility index (Phi) is 7.16. The van der Waals surface area contributed by atoms with Crippen LogP contribution in [-0.4, -0.2) is 31.6 Å².